The predicted octanol–water partition coefficient (Wildman–Crippen LogP) is 6.50. The van der Waals surface area contributed by atoms with Crippen molar-refractivity contribution in [1.82, 2.24) is 0 Å². The summed E-state index contributed by atoms with van der Waals surface area (Å²) in [6.07, 6.45) is 0. The maximum Gasteiger partial charge on any atom is 0.142 e. The standard InChI is InChI=1S/C27H14F4/c1-17-12-26(30)24(27(31)13-17)11-5-19-3-7-20(25(29)15-19)6-2-18-4-8-22-16-23(28)10-9-21(22)14-18/h3-4,7-10,12-16H,1H3. The molecule has 0 aliphatic rings. The van der Waals surface area contributed by atoms with E-state index in [0.717, 1.165) is 10.8 Å². The van der Waals surface area contributed by atoms with Crippen LogP contribution < -0.4 is 0 Å². The van der Waals surface area contributed by atoms with E-state index in [4.69, 9.17) is 0 Å². The van der Waals surface area contributed by atoms with Crippen LogP contribution in [0.4, 0.5) is 17.6 Å². The average Bonchev–Trinajstić information content (AvgIpc) is 2.72. The van der Waals surface area contributed by atoms with E-state index in [1.54, 1.807) is 31.2 Å². The topological polar surface area (TPSA) is 0 Å². The maximum atomic E-state index is 14.4. The number of rotatable bonds is 0. The molecule has 0 fully saturated rings. The van der Waals surface area contributed by atoms with Crippen LogP contribution in [0.3, 0.4) is 0 Å². The van der Waals surface area contributed by atoms with Gasteiger partial charge < -0.3 is 0 Å². The Bertz CT molecular complexity index is 1420. The molecule has 150 valence electrons. The number of halogens is 4. The minimum absolute atomic E-state index is 0.164. The number of benzene rings is 4. The highest BCUT2D eigenvalue weighted by Gasteiger charge is 2.07. The Morgan fingerprint density at radius 1 is 0.548 bits per heavy atom. The minimum Gasteiger partial charge on any atom is -0.207 e. The van der Waals surface area contributed by atoms with Crippen LogP contribution in [-0.2, 0) is 0 Å². The third-order valence-corrected chi connectivity index (χ3v) is 4.63. The van der Waals surface area contributed by atoms with E-state index in [9.17, 15) is 17.6 Å². The number of hydrogen-bond acceptors (Lipinski definition) is 0. The second-order valence-corrected chi connectivity index (χ2v) is 7.00. The summed E-state index contributed by atoms with van der Waals surface area (Å²) in [7, 11) is 0. The molecule has 0 spiro atoms. The first kappa shape index (κ1) is 20.3. The van der Waals surface area contributed by atoms with Crippen molar-refractivity contribution in [1.29, 1.82) is 0 Å². The summed E-state index contributed by atoms with van der Waals surface area (Å²) in [4.78, 5) is 0. The van der Waals surface area contributed by atoms with Crippen molar-refractivity contribution in [3.8, 4) is 23.7 Å². The lowest BCUT2D eigenvalue weighted by atomic mass is 10.1. The second kappa shape index (κ2) is 8.38. The zero-order valence-electron chi connectivity index (χ0n) is 16.4. The van der Waals surface area contributed by atoms with Gasteiger partial charge in [0.2, 0.25) is 0 Å². The van der Waals surface area contributed by atoms with Gasteiger partial charge in [-0.25, -0.2) is 17.6 Å². The van der Waals surface area contributed by atoms with Gasteiger partial charge in [0.15, 0.2) is 0 Å². The molecule has 0 aliphatic heterocycles. The van der Waals surface area contributed by atoms with Gasteiger partial charge in [-0.2, -0.15) is 0 Å². The first-order chi connectivity index (χ1) is 14.9. The molecular formula is C27H14F4. The SMILES string of the molecule is Cc1cc(F)c(C#Cc2ccc(C#Cc3ccc4cc(F)ccc4c3)c(F)c2)c(F)c1. The van der Waals surface area contributed by atoms with E-state index < -0.39 is 17.5 Å². The molecular weight excluding hydrogens is 400 g/mol. The fraction of sp³-hybridized carbons (Fsp3) is 0.0370. The molecule has 4 rings (SSSR count). The Morgan fingerprint density at radius 2 is 1.16 bits per heavy atom. The van der Waals surface area contributed by atoms with Crippen molar-refractivity contribution in [2.75, 3.05) is 0 Å². The van der Waals surface area contributed by atoms with Gasteiger partial charge in [0.1, 0.15) is 23.3 Å². The summed E-state index contributed by atoms with van der Waals surface area (Å²) in [6, 6.07) is 16.3. The van der Waals surface area contributed by atoms with Gasteiger partial charge in [0.25, 0.3) is 0 Å². The molecule has 4 aromatic carbocycles. The average molecular weight is 414 g/mol. The summed E-state index contributed by atoms with van der Waals surface area (Å²) in [6.45, 7) is 1.58. The molecule has 0 radical (unpaired) electrons. The molecule has 0 saturated heterocycles. The normalized spacial score (nSPS) is 10.2. The largest absolute Gasteiger partial charge is 0.207 e. The first-order valence-electron chi connectivity index (χ1n) is 9.37. The molecule has 0 amide bonds. The van der Waals surface area contributed by atoms with Gasteiger partial charge in [0, 0.05) is 11.1 Å². The van der Waals surface area contributed by atoms with Gasteiger partial charge in [-0.3, -0.25) is 0 Å². The first-order valence-corrected chi connectivity index (χ1v) is 9.37. The Labute approximate surface area is 177 Å². The Hall–Kier alpha value is -4.02. The summed E-state index contributed by atoms with van der Waals surface area (Å²) < 4.78 is 55.5. The van der Waals surface area contributed by atoms with Crippen molar-refractivity contribution < 1.29 is 17.6 Å². The second-order valence-electron chi connectivity index (χ2n) is 7.00. The Balaban J connectivity index is 1.59. The van der Waals surface area contributed by atoms with Crippen LogP contribution in [0.2, 0.25) is 0 Å². The maximum absolute atomic E-state index is 14.4. The molecule has 0 saturated carbocycles. The van der Waals surface area contributed by atoms with Gasteiger partial charge in [-0.1, -0.05) is 35.8 Å². The van der Waals surface area contributed by atoms with Crippen LogP contribution in [-0.4, -0.2) is 0 Å². The lowest BCUT2D eigenvalue weighted by molar-refractivity contribution is 0.575. The summed E-state index contributed by atoms with van der Waals surface area (Å²) >= 11 is 0. The molecule has 0 N–H and O–H groups in total. The monoisotopic (exact) mass is 414 g/mol. The third-order valence-electron chi connectivity index (χ3n) is 4.63. The van der Waals surface area contributed by atoms with Gasteiger partial charge >= 0.3 is 0 Å². The molecule has 4 aromatic rings. The van der Waals surface area contributed by atoms with Crippen LogP contribution in [0.15, 0.2) is 66.7 Å². The van der Waals surface area contributed by atoms with Crippen LogP contribution in [0.5, 0.6) is 0 Å². The summed E-state index contributed by atoms with van der Waals surface area (Å²) in [5, 5.41) is 1.58. The molecule has 0 atom stereocenters. The summed E-state index contributed by atoms with van der Waals surface area (Å²) in [5.74, 6) is 8.23. The van der Waals surface area contributed by atoms with E-state index >= 15 is 0 Å². The predicted molar refractivity (Wildman–Crippen MR) is 113 cm³/mol. The van der Waals surface area contributed by atoms with E-state index in [-0.39, 0.29) is 22.5 Å². The molecule has 0 nitrogen and oxygen atoms in total. The van der Waals surface area contributed by atoms with Crippen LogP contribution in [0, 0.1) is 53.9 Å². The molecule has 0 bridgehead atoms. The van der Waals surface area contributed by atoms with Crippen molar-refractivity contribution in [3.63, 3.8) is 0 Å². The summed E-state index contributed by atoms with van der Waals surface area (Å²) in [5.41, 5.74) is 1.19. The van der Waals surface area contributed by atoms with Crippen LogP contribution in [0.1, 0.15) is 27.8 Å². The highest BCUT2D eigenvalue weighted by atomic mass is 19.1. The van der Waals surface area contributed by atoms with Crippen molar-refractivity contribution in [3.05, 3.63) is 118 Å². The van der Waals surface area contributed by atoms with Crippen molar-refractivity contribution in [2.24, 2.45) is 0 Å². The van der Waals surface area contributed by atoms with E-state index in [0.29, 0.717) is 11.1 Å². The van der Waals surface area contributed by atoms with Crippen LogP contribution in [0.25, 0.3) is 10.8 Å². The van der Waals surface area contributed by atoms with E-state index in [1.807, 2.05) is 0 Å². The van der Waals surface area contributed by atoms with Gasteiger partial charge in [-0.05, 0) is 77.9 Å². The molecule has 0 heterocycles. The molecule has 0 aliphatic carbocycles. The third kappa shape index (κ3) is 4.60. The van der Waals surface area contributed by atoms with Gasteiger partial charge in [0.05, 0.1) is 11.1 Å². The highest BCUT2D eigenvalue weighted by Crippen LogP contribution is 2.18. The molecule has 0 aromatic heterocycles. The number of fused-ring (bicyclic) bond motifs is 1. The molecule has 4 heteroatoms. The van der Waals surface area contributed by atoms with Crippen LogP contribution >= 0.6 is 0 Å². The van der Waals surface area contributed by atoms with E-state index in [2.05, 4.69) is 23.7 Å². The van der Waals surface area contributed by atoms with Crippen molar-refractivity contribution in [2.45, 2.75) is 6.92 Å². The quantitative estimate of drug-likeness (QED) is 0.227. The molecule has 0 unspecified atom stereocenters. The lowest BCUT2D eigenvalue weighted by Crippen LogP contribution is -1.92. The van der Waals surface area contributed by atoms with E-state index in [1.165, 1.54) is 42.5 Å². The van der Waals surface area contributed by atoms with Gasteiger partial charge in [-0.15, -0.1) is 0 Å². The number of hydrogen-bond donors (Lipinski definition) is 0. The zero-order chi connectivity index (χ0) is 22.0. The Kier molecular flexibility index (Phi) is 5.48. The fourth-order valence-corrected chi connectivity index (χ4v) is 3.08. The Morgan fingerprint density at radius 3 is 1.90 bits per heavy atom. The van der Waals surface area contributed by atoms with Crippen molar-refractivity contribution >= 4 is 10.8 Å². The number of aryl methyl sites for hydroxylation is 1. The fourth-order valence-electron chi connectivity index (χ4n) is 3.08. The highest BCUT2D eigenvalue weighted by molar-refractivity contribution is 5.84. The zero-order valence-corrected chi connectivity index (χ0v) is 16.4. The lowest BCUT2D eigenvalue weighted by Gasteiger charge is -2.00. The smallest absolute Gasteiger partial charge is 0.142 e. The minimum atomic E-state index is -0.758. The molecule has 31 heavy (non-hydrogen) atoms.